The van der Waals surface area contributed by atoms with Crippen LogP contribution in [0, 0.1) is 11.3 Å². The van der Waals surface area contributed by atoms with Crippen molar-refractivity contribution in [2.45, 2.75) is 30.5 Å². The van der Waals surface area contributed by atoms with Crippen molar-refractivity contribution < 1.29 is 31.5 Å². The molecular weight excluding hydrogens is 337 g/mol. The topological polar surface area (TPSA) is 98.5 Å². The molecule has 1 rings (SSSR count). The molecule has 1 N–H and O–H groups in total. The summed E-state index contributed by atoms with van der Waals surface area (Å²) < 4.78 is 63.8. The predicted molar refractivity (Wildman–Crippen MR) is 73.0 cm³/mol. The molecule has 6 nitrogen and oxygen atoms in total. The number of aromatic carboxylic acids is 1. The van der Waals surface area contributed by atoms with Crippen LogP contribution in [0.1, 0.15) is 29.3 Å². The molecule has 0 aliphatic rings. The highest BCUT2D eigenvalue weighted by atomic mass is 32.2. The van der Waals surface area contributed by atoms with E-state index < -0.39 is 44.2 Å². The van der Waals surface area contributed by atoms with Gasteiger partial charge >= 0.3 is 12.1 Å². The molecule has 0 aliphatic carbocycles. The summed E-state index contributed by atoms with van der Waals surface area (Å²) in [7, 11) is -3.58. The van der Waals surface area contributed by atoms with E-state index in [2.05, 4.69) is 0 Å². The first-order valence-electron chi connectivity index (χ1n) is 6.29. The first-order valence-corrected chi connectivity index (χ1v) is 7.73. The molecule has 0 aliphatic heterocycles. The molecule has 0 spiro atoms. The van der Waals surface area contributed by atoms with Crippen LogP contribution in [-0.4, -0.2) is 36.9 Å². The quantitative estimate of drug-likeness (QED) is 0.879. The number of alkyl halides is 3. The van der Waals surface area contributed by atoms with Crippen LogP contribution in [0.5, 0.6) is 0 Å². The zero-order valence-corrected chi connectivity index (χ0v) is 12.9. The zero-order chi connectivity index (χ0) is 18.0. The summed E-state index contributed by atoms with van der Waals surface area (Å²) >= 11 is 0. The Morgan fingerprint density at radius 3 is 2.39 bits per heavy atom. The Labute approximate surface area is 130 Å². The van der Waals surface area contributed by atoms with E-state index in [1.807, 2.05) is 0 Å². The standard InChI is InChI=1S/C13H13F3N2O4S/c1-3-9(7-17)18(2)23(21,22)11-6-8(13(14,15)16)4-5-10(11)12(19)20/h4-6,9H,3H2,1-2H3,(H,19,20). The minimum atomic E-state index is -4.83. The van der Waals surface area contributed by atoms with Gasteiger partial charge in [0, 0.05) is 7.05 Å². The molecule has 0 aromatic heterocycles. The number of nitrogens with zero attached hydrogens (tertiary/aromatic N) is 2. The Bertz CT molecular complexity index is 753. The van der Waals surface area contributed by atoms with Gasteiger partial charge in [-0.05, 0) is 24.6 Å². The molecule has 10 heteroatoms. The summed E-state index contributed by atoms with van der Waals surface area (Å²) in [6.45, 7) is 1.52. The fraction of sp³-hybridized carbons (Fsp3) is 0.385. The maximum Gasteiger partial charge on any atom is 0.416 e. The van der Waals surface area contributed by atoms with Crippen molar-refractivity contribution in [1.82, 2.24) is 4.31 Å². The summed E-state index contributed by atoms with van der Waals surface area (Å²) in [5, 5.41) is 17.9. The molecule has 1 aromatic carbocycles. The first kappa shape index (κ1) is 18.9. The molecule has 23 heavy (non-hydrogen) atoms. The first-order chi connectivity index (χ1) is 10.5. The number of carbonyl (C=O) groups is 1. The average molecular weight is 350 g/mol. The van der Waals surface area contributed by atoms with Crippen LogP contribution in [0.4, 0.5) is 13.2 Å². The summed E-state index contributed by atoms with van der Waals surface area (Å²) in [5.41, 5.74) is -2.09. The lowest BCUT2D eigenvalue weighted by molar-refractivity contribution is -0.137. The molecule has 1 atom stereocenters. The van der Waals surface area contributed by atoms with E-state index in [0.717, 1.165) is 7.05 Å². The number of hydrogen-bond acceptors (Lipinski definition) is 4. The molecule has 1 unspecified atom stereocenters. The zero-order valence-electron chi connectivity index (χ0n) is 12.1. The van der Waals surface area contributed by atoms with Gasteiger partial charge in [0.15, 0.2) is 0 Å². The van der Waals surface area contributed by atoms with Crippen molar-refractivity contribution in [1.29, 1.82) is 5.26 Å². The third kappa shape index (κ3) is 3.80. The highest BCUT2D eigenvalue weighted by Gasteiger charge is 2.36. The number of hydrogen-bond donors (Lipinski definition) is 1. The van der Waals surface area contributed by atoms with E-state index >= 15 is 0 Å². The monoisotopic (exact) mass is 350 g/mol. The molecule has 0 bridgehead atoms. The van der Waals surface area contributed by atoms with Gasteiger partial charge in [-0.2, -0.15) is 22.7 Å². The van der Waals surface area contributed by atoms with E-state index in [1.54, 1.807) is 6.07 Å². The largest absolute Gasteiger partial charge is 0.478 e. The van der Waals surface area contributed by atoms with Gasteiger partial charge in [0.25, 0.3) is 0 Å². The normalized spacial score (nSPS) is 13.6. The van der Waals surface area contributed by atoms with E-state index in [-0.39, 0.29) is 12.5 Å². The van der Waals surface area contributed by atoms with Gasteiger partial charge in [-0.3, -0.25) is 0 Å². The van der Waals surface area contributed by atoms with Crippen molar-refractivity contribution in [2.24, 2.45) is 0 Å². The van der Waals surface area contributed by atoms with Gasteiger partial charge in [0.2, 0.25) is 10.0 Å². The van der Waals surface area contributed by atoms with Crippen LogP contribution >= 0.6 is 0 Å². The second-order valence-electron chi connectivity index (χ2n) is 4.59. The molecule has 0 heterocycles. The number of sulfonamides is 1. The van der Waals surface area contributed by atoms with Gasteiger partial charge in [0.1, 0.15) is 6.04 Å². The van der Waals surface area contributed by atoms with Gasteiger partial charge in [-0.1, -0.05) is 6.92 Å². The molecule has 0 amide bonds. The van der Waals surface area contributed by atoms with Gasteiger partial charge in [-0.25, -0.2) is 13.2 Å². The smallest absolute Gasteiger partial charge is 0.416 e. The van der Waals surface area contributed by atoms with Gasteiger partial charge in [0.05, 0.1) is 22.1 Å². The number of nitriles is 1. The highest BCUT2D eigenvalue weighted by Crippen LogP contribution is 2.33. The maximum absolute atomic E-state index is 12.8. The molecular formula is C13H13F3N2O4S. The molecule has 0 saturated heterocycles. The van der Waals surface area contributed by atoms with Gasteiger partial charge < -0.3 is 5.11 Å². The fourth-order valence-electron chi connectivity index (χ4n) is 1.84. The molecule has 0 radical (unpaired) electrons. The Morgan fingerprint density at radius 1 is 1.43 bits per heavy atom. The van der Waals surface area contributed by atoms with Crippen LogP contribution in [0.2, 0.25) is 0 Å². The van der Waals surface area contributed by atoms with Crippen molar-refractivity contribution in [2.75, 3.05) is 7.05 Å². The average Bonchev–Trinajstić information content (AvgIpc) is 2.46. The third-order valence-electron chi connectivity index (χ3n) is 3.17. The Kier molecular flexibility index (Phi) is 5.39. The van der Waals surface area contributed by atoms with Gasteiger partial charge in [-0.15, -0.1) is 0 Å². The maximum atomic E-state index is 12.8. The molecule has 126 valence electrons. The van der Waals surface area contributed by atoms with Crippen LogP contribution in [0.15, 0.2) is 23.1 Å². The predicted octanol–water partition coefficient (Wildman–Crippen LogP) is 2.33. The van der Waals surface area contributed by atoms with E-state index in [4.69, 9.17) is 10.4 Å². The lowest BCUT2D eigenvalue weighted by atomic mass is 10.1. The molecule has 0 fully saturated rings. The third-order valence-corrected chi connectivity index (χ3v) is 5.08. The van der Waals surface area contributed by atoms with Crippen LogP contribution in [0.25, 0.3) is 0 Å². The number of carboxylic acids is 1. The minimum absolute atomic E-state index is 0.0909. The van der Waals surface area contributed by atoms with Crippen LogP contribution in [0.3, 0.4) is 0 Å². The number of halogens is 3. The van der Waals surface area contributed by atoms with Crippen LogP contribution < -0.4 is 0 Å². The second kappa shape index (κ2) is 6.55. The summed E-state index contributed by atoms with van der Waals surface area (Å²) in [6.07, 6.45) is -4.74. The van der Waals surface area contributed by atoms with Crippen LogP contribution in [-0.2, 0) is 16.2 Å². The lowest BCUT2D eigenvalue weighted by Crippen LogP contribution is -2.36. The highest BCUT2D eigenvalue weighted by molar-refractivity contribution is 7.89. The van der Waals surface area contributed by atoms with Crippen molar-refractivity contribution in [3.8, 4) is 6.07 Å². The minimum Gasteiger partial charge on any atom is -0.478 e. The SMILES string of the molecule is CCC(C#N)N(C)S(=O)(=O)c1cc(C(F)(F)F)ccc1C(=O)O. The summed E-state index contributed by atoms with van der Waals surface area (Å²) in [4.78, 5) is 10.1. The Morgan fingerprint density at radius 2 is 2.00 bits per heavy atom. The fourth-order valence-corrected chi connectivity index (χ4v) is 3.39. The Balaban J connectivity index is 3.61. The summed E-state index contributed by atoms with van der Waals surface area (Å²) in [5.74, 6) is -1.68. The lowest BCUT2D eigenvalue weighted by Gasteiger charge is -2.22. The van der Waals surface area contributed by atoms with E-state index in [9.17, 15) is 26.4 Å². The number of benzene rings is 1. The van der Waals surface area contributed by atoms with E-state index in [1.165, 1.54) is 6.92 Å². The van der Waals surface area contributed by atoms with Crippen molar-refractivity contribution in [3.05, 3.63) is 29.3 Å². The molecule has 0 saturated carbocycles. The van der Waals surface area contributed by atoms with E-state index in [0.29, 0.717) is 16.4 Å². The van der Waals surface area contributed by atoms with Crippen molar-refractivity contribution >= 4 is 16.0 Å². The Hall–Kier alpha value is -2.12. The summed E-state index contributed by atoms with van der Waals surface area (Å²) in [6, 6.07) is 1.91. The number of carboxylic acid groups (broad SMARTS) is 1. The number of rotatable bonds is 5. The second-order valence-corrected chi connectivity index (χ2v) is 6.55. The molecule has 1 aromatic rings. The van der Waals surface area contributed by atoms with Crippen molar-refractivity contribution in [3.63, 3.8) is 0 Å².